The van der Waals surface area contributed by atoms with Crippen LogP contribution < -0.4 is 10.6 Å². The van der Waals surface area contributed by atoms with Gasteiger partial charge in [0, 0.05) is 56.7 Å². The third-order valence-corrected chi connectivity index (χ3v) is 4.83. The van der Waals surface area contributed by atoms with Crippen LogP contribution in [0.3, 0.4) is 0 Å². The molecule has 13 nitrogen and oxygen atoms in total. The number of rotatable bonds is 20. The van der Waals surface area contributed by atoms with Crippen LogP contribution in [-0.2, 0) is 26.7 Å². The zero-order valence-electron chi connectivity index (χ0n) is 20.2. The molecule has 0 aliphatic rings. The fourth-order valence-electron chi connectivity index (χ4n) is 2.76. The van der Waals surface area contributed by atoms with E-state index >= 15 is 0 Å². The van der Waals surface area contributed by atoms with E-state index in [-0.39, 0.29) is 61.2 Å². The summed E-state index contributed by atoms with van der Waals surface area (Å²) < 4.78 is 0. The molecule has 0 saturated carbocycles. The first kappa shape index (κ1) is 35.1. The summed E-state index contributed by atoms with van der Waals surface area (Å²) in [7, 11) is 1.23. The average molecular weight is 547 g/mol. The Balaban J connectivity index is 0. The second-order valence-corrected chi connectivity index (χ2v) is 7.83. The molecule has 0 heterocycles. The summed E-state index contributed by atoms with van der Waals surface area (Å²) >= 11 is 0. The summed E-state index contributed by atoms with van der Waals surface area (Å²) in [5, 5.41) is 63.5. The molecule has 0 unspecified atom stereocenters. The molecule has 0 rings (SSSR count). The molecule has 0 aromatic carbocycles. The molecule has 14 heteroatoms. The number of hydrogen-bond donors (Lipinski definition) is 8. The van der Waals surface area contributed by atoms with Gasteiger partial charge in [0.1, 0.15) is 6.23 Å². The number of amides is 2. The Labute approximate surface area is 217 Å². The van der Waals surface area contributed by atoms with Crippen LogP contribution in [0.1, 0.15) is 57.8 Å². The SMILES string of the molecule is C=C(O)N(O)CCCCCNC(=O)CC[C@@H](O)N(O)CCCCCNC(=O)C/C=C(/O)N(C)O.[Fe]. The standard InChI is InChI=1S/C21H41N5O8.Fe/c1-17(27)25(33)15-7-3-5-13-23-19(29)10-12-21(31)26(34)16-8-4-6-14-22-18(28)9-11-20(30)24(2)32;/h11,21,27,30-34H,1,3-10,12-16H2,2H3,(H,22,28)(H,23,29);/b20-11+;/t21-;/m1./s1. The van der Waals surface area contributed by atoms with Gasteiger partial charge in [-0.1, -0.05) is 6.42 Å². The van der Waals surface area contributed by atoms with Crippen LogP contribution in [0, 0.1) is 0 Å². The van der Waals surface area contributed by atoms with E-state index in [9.17, 15) is 30.2 Å². The van der Waals surface area contributed by atoms with E-state index in [1.807, 2.05) is 0 Å². The summed E-state index contributed by atoms with van der Waals surface area (Å²) in [6.45, 7) is 4.54. The van der Waals surface area contributed by atoms with Crippen molar-refractivity contribution in [2.24, 2.45) is 0 Å². The number of hydrogen-bond acceptors (Lipinski definition) is 11. The summed E-state index contributed by atoms with van der Waals surface area (Å²) in [6.07, 6.45) is 4.13. The number of aliphatic hydroxyl groups is 3. The number of carbonyl (C=O) groups excluding carboxylic acids is 2. The first-order chi connectivity index (χ1) is 16.0. The van der Waals surface area contributed by atoms with Gasteiger partial charge in [0.05, 0.1) is 6.42 Å². The monoisotopic (exact) mass is 547 g/mol. The Morgan fingerprint density at radius 2 is 1.46 bits per heavy atom. The number of nitrogens with zero attached hydrogens (tertiary/aromatic N) is 3. The van der Waals surface area contributed by atoms with Gasteiger partial charge in [0.15, 0.2) is 0 Å². The van der Waals surface area contributed by atoms with Crippen LogP contribution in [0.5, 0.6) is 0 Å². The quantitative estimate of drug-likeness (QED) is 0.0359. The van der Waals surface area contributed by atoms with Gasteiger partial charge in [-0.15, -0.1) is 0 Å². The van der Waals surface area contributed by atoms with E-state index in [0.29, 0.717) is 55.3 Å². The molecule has 35 heavy (non-hydrogen) atoms. The maximum absolute atomic E-state index is 11.8. The Morgan fingerprint density at radius 1 is 0.914 bits per heavy atom. The van der Waals surface area contributed by atoms with Crippen LogP contribution in [0.4, 0.5) is 0 Å². The fraction of sp³-hybridized carbons (Fsp3) is 0.714. The Bertz CT molecular complexity index is 639. The minimum atomic E-state index is -1.16. The van der Waals surface area contributed by atoms with E-state index < -0.39 is 18.0 Å². The van der Waals surface area contributed by atoms with E-state index in [4.69, 9.17) is 10.3 Å². The van der Waals surface area contributed by atoms with E-state index in [0.717, 1.165) is 11.5 Å². The molecule has 0 fully saturated rings. The minimum absolute atomic E-state index is 0. The third-order valence-electron chi connectivity index (χ3n) is 4.83. The second-order valence-electron chi connectivity index (χ2n) is 7.83. The summed E-state index contributed by atoms with van der Waals surface area (Å²) in [5.74, 6) is -1.35. The van der Waals surface area contributed by atoms with Crippen molar-refractivity contribution in [3.63, 3.8) is 0 Å². The number of unbranched alkanes of at least 4 members (excludes halogenated alkanes) is 4. The van der Waals surface area contributed by atoms with Gasteiger partial charge in [-0.3, -0.25) is 20.0 Å². The van der Waals surface area contributed by atoms with E-state index in [1.165, 1.54) is 13.1 Å². The fourth-order valence-corrected chi connectivity index (χ4v) is 2.76. The first-order valence-electron chi connectivity index (χ1n) is 11.4. The molecular formula is C21H41FeN5O8. The zero-order valence-corrected chi connectivity index (χ0v) is 21.4. The number of aliphatic hydroxyl groups excluding tert-OH is 3. The average Bonchev–Trinajstić information content (AvgIpc) is 2.79. The Morgan fingerprint density at radius 3 is 2.00 bits per heavy atom. The van der Waals surface area contributed by atoms with Gasteiger partial charge in [-0.2, -0.15) is 5.06 Å². The molecule has 2 amide bonds. The van der Waals surface area contributed by atoms with Crippen molar-refractivity contribution in [2.75, 3.05) is 33.2 Å². The zero-order chi connectivity index (χ0) is 25.9. The maximum Gasteiger partial charge on any atom is 0.224 e. The van der Waals surface area contributed by atoms with Gasteiger partial charge in [-0.05, 0) is 51.2 Å². The van der Waals surface area contributed by atoms with E-state index in [1.54, 1.807) is 0 Å². The van der Waals surface area contributed by atoms with Crippen LogP contribution in [0.15, 0.2) is 24.4 Å². The minimum Gasteiger partial charge on any atom is -0.494 e. The van der Waals surface area contributed by atoms with Crippen molar-refractivity contribution in [1.29, 1.82) is 0 Å². The van der Waals surface area contributed by atoms with Gasteiger partial charge in [-0.25, -0.2) is 10.1 Å². The van der Waals surface area contributed by atoms with Gasteiger partial charge in [0.2, 0.25) is 23.6 Å². The van der Waals surface area contributed by atoms with Crippen molar-refractivity contribution < 1.29 is 57.6 Å². The smallest absolute Gasteiger partial charge is 0.224 e. The molecule has 0 saturated heterocycles. The van der Waals surface area contributed by atoms with E-state index in [2.05, 4.69) is 17.2 Å². The molecule has 1 atom stereocenters. The van der Waals surface area contributed by atoms with Gasteiger partial charge in [0.25, 0.3) is 0 Å². The molecule has 0 aliphatic carbocycles. The molecule has 206 valence electrons. The number of hydroxylamine groups is 6. The van der Waals surface area contributed by atoms with Gasteiger partial charge < -0.3 is 31.2 Å². The van der Waals surface area contributed by atoms with Crippen molar-refractivity contribution in [3.05, 3.63) is 24.4 Å². The number of carbonyl (C=O) groups is 2. The molecule has 0 bridgehead atoms. The van der Waals surface area contributed by atoms with Crippen molar-refractivity contribution in [2.45, 2.75) is 64.0 Å². The van der Waals surface area contributed by atoms with Crippen LogP contribution >= 0.6 is 0 Å². The largest absolute Gasteiger partial charge is 0.494 e. The second kappa shape index (κ2) is 21.2. The third kappa shape index (κ3) is 19.9. The molecule has 0 spiro atoms. The molecule has 0 aromatic heterocycles. The molecule has 8 N–H and O–H groups in total. The van der Waals surface area contributed by atoms with Gasteiger partial charge >= 0.3 is 0 Å². The summed E-state index contributed by atoms with van der Waals surface area (Å²) in [4.78, 5) is 23.4. The van der Waals surface area contributed by atoms with Crippen molar-refractivity contribution in [1.82, 2.24) is 25.8 Å². The Hall–Kier alpha value is -2.06. The predicted molar refractivity (Wildman–Crippen MR) is 123 cm³/mol. The first-order valence-corrected chi connectivity index (χ1v) is 11.4. The van der Waals surface area contributed by atoms with Crippen LogP contribution in [0.25, 0.3) is 0 Å². The summed E-state index contributed by atoms with van der Waals surface area (Å²) in [6, 6.07) is 0. The maximum atomic E-state index is 11.8. The molecule has 0 radical (unpaired) electrons. The van der Waals surface area contributed by atoms with Crippen molar-refractivity contribution >= 4 is 11.8 Å². The molecular weight excluding hydrogens is 506 g/mol. The molecule has 0 aliphatic heterocycles. The molecule has 0 aromatic rings. The topological polar surface area (TPSA) is 189 Å². The normalized spacial score (nSPS) is 12.0. The van der Waals surface area contributed by atoms with Crippen molar-refractivity contribution in [3.8, 4) is 0 Å². The van der Waals surface area contributed by atoms with Crippen LogP contribution in [-0.4, -0.2) is 97.4 Å². The predicted octanol–water partition coefficient (Wildman–Crippen LogP) is 1.18. The number of nitrogens with one attached hydrogen (secondary N) is 2. The summed E-state index contributed by atoms with van der Waals surface area (Å²) in [5.41, 5.74) is 0. The van der Waals surface area contributed by atoms with Crippen LogP contribution in [0.2, 0.25) is 0 Å². The Kier molecular flexibility index (Phi) is 21.3.